The van der Waals surface area contributed by atoms with E-state index in [-0.39, 0.29) is 17.4 Å². The Morgan fingerprint density at radius 2 is 2.28 bits per heavy atom. The number of sulfone groups is 1. The first-order chi connectivity index (χ1) is 8.64. The van der Waals surface area contributed by atoms with Gasteiger partial charge >= 0.3 is 0 Å². The molecule has 3 rings (SSSR count). The number of hydrogen-bond acceptors (Lipinski definition) is 7. The second-order valence-corrected chi connectivity index (χ2v) is 6.39. The molecule has 0 aromatic carbocycles. The summed E-state index contributed by atoms with van der Waals surface area (Å²) in [6.45, 7) is 0. The number of nitrogens with zero attached hydrogens (tertiary/aromatic N) is 4. The average Bonchev–Trinajstić information content (AvgIpc) is 2.96. The molecule has 8 heteroatoms. The van der Waals surface area contributed by atoms with Gasteiger partial charge in [-0.15, -0.1) is 5.10 Å². The van der Waals surface area contributed by atoms with Gasteiger partial charge in [0.25, 0.3) is 0 Å². The molecule has 1 saturated heterocycles. The second kappa shape index (κ2) is 4.13. The van der Waals surface area contributed by atoms with E-state index in [2.05, 4.69) is 20.3 Å². The van der Waals surface area contributed by atoms with Crippen molar-refractivity contribution in [3.05, 3.63) is 24.2 Å². The van der Waals surface area contributed by atoms with Gasteiger partial charge in [0.05, 0.1) is 17.4 Å². The molecule has 94 valence electrons. The van der Waals surface area contributed by atoms with E-state index >= 15 is 0 Å². The van der Waals surface area contributed by atoms with E-state index in [0.29, 0.717) is 23.8 Å². The van der Waals surface area contributed by atoms with Crippen molar-refractivity contribution >= 4 is 9.84 Å². The van der Waals surface area contributed by atoms with Gasteiger partial charge in [-0.25, -0.2) is 8.42 Å². The molecule has 18 heavy (non-hydrogen) atoms. The van der Waals surface area contributed by atoms with E-state index in [9.17, 15) is 8.42 Å². The molecule has 1 aliphatic heterocycles. The van der Waals surface area contributed by atoms with Gasteiger partial charge in [-0.3, -0.25) is 0 Å². The minimum atomic E-state index is -2.95. The maximum absolute atomic E-state index is 11.4. The van der Waals surface area contributed by atoms with Crippen molar-refractivity contribution in [2.75, 3.05) is 11.5 Å². The van der Waals surface area contributed by atoms with Gasteiger partial charge in [0, 0.05) is 6.20 Å². The SMILES string of the molecule is O=S1(=O)CC[C@@H](c2nc(-c3cccnn3)no2)C1. The fraction of sp³-hybridized carbons (Fsp3) is 0.400. The van der Waals surface area contributed by atoms with Gasteiger partial charge in [-0.1, -0.05) is 5.16 Å². The van der Waals surface area contributed by atoms with E-state index < -0.39 is 9.84 Å². The van der Waals surface area contributed by atoms with Crippen LogP contribution in [-0.4, -0.2) is 40.3 Å². The Morgan fingerprint density at radius 3 is 2.94 bits per heavy atom. The number of hydrogen-bond donors (Lipinski definition) is 0. The standard InChI is InChI=1S/C10H10N4O3S/c15-18(16)5-3-7(6-18)10-12-9(14-17-10)8-2-1-4-11-13-8/h1-2,4,7H,3,5-6H2/t7-/m1/s1. The van der Waals surface area contributed by atoms with Gasteiger partial charge in [0.1, 0.15) is 5.69 Å². The molecule has 0 N–H and O–H groups in total. The van der Waals surface area contributed by atoms with Crippen molar-refractivity contribution in [1.29, 1.82) is 0 Å². The van der Waals surface area contributed by atoms with E-state index in [4.69, 9.17) is 4.52 Å². The van der Waals surface area contributed by atoms with Crippen LogP contribution in [-0.2, 0) is 9.84 Å². The highest BCUT2D eigenvalue weighted by Crippen LogP contribution is 2.28. The zero-order valence-corrected chi connectivity index (χ0v) is 10.2. The lowest BCUT2D eigenvalue weighted by Crippen LogP contribution is -2.04. The van der Waals surface area contributed by atoms with Crippen LogP contribution in [0.15, 0.2) is 22.9 Å². The Labute approximate surface area is 103 Å². The van der Waals surface area contributed by atoms with E-state index in [0.717, 1.165) is 0 Å². The van der Waals surface area contributed by atoms with Crippen molar-refractivity contribution in [3.63, 3.8) is 0 Å². The molecular formula is C10H10N4O3S. The topological polar surface area (TPSA) is 98.8 Å². The molecule has 2 aromatic rings. The van der Waals surface area contributed by atoms with Crippen molar-refractivity contribution in [2.45, 2.75) is 12.3 Å². The number of aromatic nitrogens is 4. The molecule has 0 saturated carbocycles. The van der Waals surface area contributed by atoms with Crippen molar-refractivity contribution < 1.29 is 12.9 Å². The highest BCUT2D eigenvalue weighted by Gasteiger charge is 2.33. The first-order valence-electron chi connectivity index (χ1n) is 5.46. The van der Waals surface area contributed by atoms with Crippen LogP contribution in [0.2, 0.25) is 0 Å². The Kier molecular flexibility index (Phi) is 2.58. The molecule has 0 bridgehead atoms. The lowest BCUT2D eigenvalue weighted by atomic mass is 10.1. The maximum atomic E-state index is 11.4. The van der Waals surface area contributed by atoms with Crippen LogP contribution in [0.5, 0.6) is 0 Å². The van der Waals surface area contributed by atoms with E-state index in [1.54, 1.807) is 18.3 Å². The van der Waals surface area contributed by atoms with Crippen LogP contribution in [0.4, 0.5) is 0 Å². The molecule has 0 spiro atoms. The molecular weight excluding hydrogens is 256 g/mol. The van der Waals surface area contributed by atoms with Crippen LogP contribution in [0.25, 0.3) is 11.5 Å². The summed E-state index contributed by atoms with van der Waals surface area (Å²) >= 11 is 0. The zero-order valence-electron chi connectivity index (χ0n) is 9.35. The predicted octanol–water partition coefficient (Wildman–Crippen LogP) is 0.429. The third-order valence-corrected chi connectivity index (χ3v) is 4.59. The van der Waals surface area contributed by atoms with Crippen LogP contribution in [0.3, 0.4) is 0 Å². The quantitative estimate of drug-likeness (QED) is 0.777. The van der Waals surface area contributed by atoms with Gasteiger partial charge in [-0.2, -0.15) is 10.1 Å². The second-order valence-electron chi connectivity index (χ2n) is 4.17. The van der Waals surface area contributed by atoms with Crippen LogP contribution in [0.1, 0.15) is 18.2 Å². The third-order valence-electron chi connectivity index (χ3n) is 2.82. The van der Waals surface area contributed by atoms with E-state index in [1.807, 2.05) is 0 Å². The normalized spacial score (nSPS) is 22.1. The van der Waals surface area contributed by atoms with Gasteiger partial charge < -0.3 is 4.52 Å². The first kappa shape index (κ1) is 11.3. The van der Waals surface area contributed by atoms with Gasteiger partial charge in [-0.05, 0) is 18.6 Å². The maximum Gasteiger partial charge on any atom is 0.231 e. The highest BCUT2D eigenvalue weighted by molar-refractivity contribution is 7.91. The molecule has 2 aromatic heterocycles. The van der Waals surface area contributed by atoms with Crippen LogP contribution in [0, 0.1) is 0 Å². The minimum Gasteiger partial charge on any atom is -0.339 e. The van der Waals surface area contributed by atoms with Crippen LogP contribution >= 0.6 is 0 Å². The summed E-state index contributed by atoms with van der Waals surface area (Å²) in [7, 11) is -2.95. The zero-order chi connectivity index (χ0) is 12.6. The Morgan fingerprint density at radius 1 is 1.39 bits per heavy atom. The molecule has 1 atom stereocenters. The Hall–Kier alpha value is -1.83. The summed E-state index contributed by atoms with van der Waals surface area (Å²) < 4.78 is 27.9. The summed E-state index contributed by atoms with van der Waals surface area (Å²) in [6.07, 6.45) is 2.08. The summed E-state index contributed by atoms with van der Waals surface area (Å²) in [5, 5.41) is 11.4. The predicted molar refractivity (Wildman–Crippen MR) is 61.3 cm³/mol. The Balaban J connectivity index is 1.87. The third kappa shape index (κ3) is 2.10. The molecule has 1 aliphatic rings. The van der Waals surface area contributed by atoms with Crippen molar-refractivity contribution in [3.8, 4) is 11.5 Å². The summed E-state index contributed by atoms with van der Waals surface area (Å²) in [4.78, 5) is 4.18. The van der Waals surface area contributed by atoms with Gasteiger partial charge in [0.15, 0.2) is 9.84 Å². The highest BCUT2D eigenvalue weighted by atomic mass is 32.2. The summed E-state index contributed by atoms with van der Waals surface area (Å²) in [5.41, 5.74) is 0.508. The smallest absolute Gasteiger partial charge is 0.231 e. The molecule has 7 nitrogen and oxygen atoms in total. The summed E-state index contributed by atoms with van der Waals surface area (Å²) in [5.74, 6) is 0.752. The number of rotatable bonds is 2. The molecule has 0 radical (unpaired) electrons. The summed E-state index contributed by atoms with van der Waals surface area (Å²) in [6, 6.07) is 3.44. The van der Waals surface area contributed by atoms with E-state index in [1.165, 1.54) is 0 Å². The molecule has 0 amide bonds. The molecule has 3 heterocycles. The average molecular weight is 266 g/mol. The lowest BCUT2D eigenvalue weighted by Gasteiger charge is -1.97. The fourth-order valence-corrected chi connectivity index (χ4v) is 3.65. The largest absolute Gasteiger partial charge is 0.339 e. The molecule has 0 unspecified atom stereocenters. The van der Waals surface area contributed by atoms with Crippen LogP contribution < -0.4 is 0 Å². The fourth-order valence-electron chi connectivity index (χ4n) is 1.92. The first-order valence-corrected chi connectivity index (χ1v) is 7.28. The lowest BCUT2D eigenvalue weighted by molar-refractivity contribution is 0.361. The molecule has 1 fully saturated rings. The van der Waals surface area contributed by atoms with Crippen molar-refractivity contribution in [2.24, 2.45) is 0 Å². The minimum absolute atomic E-state index is 0.0785. The Bertz CT molecular complexity index is 653. The molecule has 0 aliphatic carbocycles. The monoisotopic (exact) mass is 266 g/mol. The van der Waals surface area contributed by atoms with Gasteiger partial charge in [0.2, 0.25) is 11.7 Å². The van der Waals surface area contributed by atoms with Crippen molar-refractivity contribution in [1.82, 2.24) is 20.3 Å².